The van der Waals surface area contributed by atoms with Crippen LogP contribution in [0.2, 0.25) is 0 Å². The van der Waals surface area contributed by atoms with Crippen LogP contribution in [0.15, 0.2) is 54.7 Å². The molecule has 0 radical (unpaired) electrons. The standard InChI is InChI=1S/C18H15N3O4S/c1-25-16-8-3-2-7-15(16)17(22)20-18-19-11-14(26-18)10-12-5-4-6-13(9-12)21(23)24/h2-9,11H,10H2,1H3,(H,19,20,22). The van der Waals surface area contributed by atoms with E-state index in [1.54, 1.807) is 36.5 Å². The lowest BCUT2D eigenvalue weighted by atomic mass is 10.1. The number of anilines is 1. The van der Waals surface area contributed by atoms with Crippen LogP contribution in [0.3, 0.4) is 0 Å². The predicted molar refractivity (Wildman–Crippen MR) is 99.0 cm³/mol. The molecule has 2 aromatic carbocycles. The van der Waals surface area contributed by atoms with E-state index in [0.29, 0.717) is 22.9 Å². The van der Waals surface area contributed by atoms with Crippen molar-refractivity contribution in [3.8, 4) is 5.75 Å². The molecule has 0 unspecified atom stereocenters. The van der Waals surface area contributed by atoms with Gasteiger partial charge in [0.1, 0.15) is 5.75 Å². The molecule has 0 fully saturated rings. The zero-order valence-electron chi connectivity index (χ0n) is 13.8. The van der Waals surface area contributed by atoms with E-state index in [1.807, 2.05) is 6.07 Å². The SMILES string of the molecule is COc1ccccc1C(=O)Nc1ncc(Cc2cccc([N+](=O)[O-])c2)s1. The number of carbonyl (C=O) groups is 1. The maximum absolute atomic E-state index is 12.4. The lowest BCUT2D eigenvalue weighted by Gasteiger charge is -2.06. The van der Waals surface area contributed by atoms with Crippen molar-refractivity contribution in [3.63, 3.8) is 0 Å². The van der Waals surface area contributed by atoms with Gasteiger partial charge in [0.15, 0.2) is 5.13 Å². The molecule has 0 bridgehead atoms. The fourth-order valence-corrected chi connectivity index (χ4v) is 3.27. The molecule has 0 aliphatic rings. The van der Waals surface area contributed by atoms with Crippen LogP contribution in [-0.4, -0.2) is 22.9 Å². The second kappa shape index (κ2) is 7.75. The number of rotatable bonds is 6. The van der Waals surface area contributed by atoms with Crippen LogP contribution in [0.1, 0.15) is 20.8 Å². The number of carbonyl (C=O) groups excluding carboxylic acids is 1. The number of nitrogens with zero attached hydrogens (tertiary/aromatic N) is 2. The fourth-order valence-electron chi connectivity index (χ4n) is 2.42. The predicted octanol–water partition coefficient (Wildman–Crippen LogP) is 3.90. The van der Waals surface area contributed by atoms with Crippen LogP contribution in [0.25, 0.3) is 0 Å². The molecule has 7 nitrogen and oxygen atoms in total. The number of ether oxygens (including phenoxy) is 1. The number of nitrogens with one attached hydrogen (secondary N) is 1. The Kier molecular flexibility index (Phi) is 5.23. The van der Waals surface area contributed by atoms with Crippen LogP contribution in [0.5, 0.6) is 5.75 Å². The molecule has 3 aromatic rings. The Morgan fingerprint density at radius 3 is 2.85 bits per heavy atom. The van der Waals surface area contributed by atoms with Crippen molar-refractivity contribution in [3.05, 3.63) is 80.8 Å². The van der Waals surface area contributed by atoms with Gasteiger partial charge in [-0.15, -0.1) is 11.3 Å². The summed E-state index contributed by atoms with van der Waals surface area (Å²) < 4.78 is 5.19. The van der Waals surface area contributed by atoms with Crippen LogP contribution in [0, 0.1) is 10.1 Å². The number of aromatic nitrogens is 1. The van der Waals surface area contributed by atoms with E-state index in [-0.39, 0.29) is 11.6 Å². The van der Waals surface area contributed by atoms with Gasteiger partial charge in [-0.2, -0.15) is 0 Å². The summed E-state index contributed by atoms with van der Waals surface area (Å²) >= 11 is 1.32. The zero-order valence-corrected chi connectivity index (χ0v) is 14.7. The number of nitro groups is 1. The first kappa shape index (κ1) is 17.6. The highest BCUT2D eigenvalue weighted by molar-refractivity contribution is 7.15. The molecule has 0 saturated carbocycles. The molecular weight excluding hydrogens is 354 g/mol. The molecule has 1 amide bonds. The number of amides is 1. The Morgan fingerprint density at radius 1 is 1.27 bits per heavy atom. The van der Waals surface area contributed by atoms with Crippen molar-refractivity contribution in [2.75, 3.05) is 12.4 Å². The number of para-hydroxylation sites is 1. The highest BCUT2D eigenvalue weighted by Crippen LogP contribution is 2.25. The summed E-state index contributed by atoms with van der Waals surface area (Å²) in [5, 5.41) is 14.1. The normalized spacial score (nSPS) is 10.3. The molecular formula is C18H15N3O4S. The van der Waals surface area contributed by atoms with E-state index in [2.05, 4.69) is 10.3 Å². The van der Waals surface area contributed by atoms with Gasteiger partial charge in [0.05, 0.1) is 17.6 Å². The number of benzene rings is 2. The van der Waals surface area contributed by atoms with Crippen molar-refractivity contribution in [1.29, 1.82) is 0 Å². The third-order valence-corrected chi connectivity index (χ3v) is 4.54. The summed E-state index contributed by atoms with van der Waals surface area (Å²) in [6.45, 7) is 0. The number of hydrogen-bond donors (Lipinski definition) is 1. The van der Waals surface area contributed by atoms with Crippen molar-refractivity contribution >= 4 is 28.1 Å². The summed E-state index contributed by atoms with van der Waals surface area (Å²) in [5.41, 5.74) is 1.28. The summed E-state index contributed by atoms with van der Waals surface area (Å²) in [5.74, 6) is 0.178. The molecule has 0 atom stereocenters. The van der Waals surface area contributed by atoms with E-state index >= 15 is 0 Å². The average molecular weight is 369 g/mol. The minimum atomic E-state index is -0.422. The van der Waals surface area contributed by atoms with Gasteiger partial charge in [-0.25, -0.2) is 4.98 Å². The molecule has 1 N–H and O–H groups in total. The Labute approximate surface area is 153 Å². The number of hydrogen-bond acceptors (Lipinski definition) is 6. The second-order valence-electron chi connectivity index (χ2n) is 5.39. The summed E-state index contributed by atoms with van der Waals surface area (Å²) in [7, 11) is 1.51. The number of non-ortho nitro benzene ring substituents is 1. The molecule has 1 heterocycles. The van der Waals surface area contributed by atoms with Crippen LogP contribution < -0.4 is 10.1 Å². The molecule has 8 heteroatoms. The first-order valence-corrected chi connectivity index (χ1v) is 8.51. The van der Waals surface area contributed by atoms with E-state index in [4.69, 9.17) is 4.74 Å². The van der Waals surface area contributed by atoms with Crippen molar-refractivity contribution in [2.45, 2.75) is 6.42 Å². The largest absolute Gasteiger partial charge is 0.496 e. The molecule has 0 saturated heterocycles. The Hall–Kier alpha value is -3.26. The summed E-state index contributed by atoms with van der Waals surface area (Å²) in [4.78, 5) is 27.9. The minimum Gasteiger partial charge on any atom is -0.496 e. The van der Waals surface area contributed by atoms with Gasteiger partial charge < -0.3 is 4.74 Å². The topological polar surface area (TPSA) is 94.4 Å². The monoisotopic (exact) mass is 369 g/mol. The number of nitro benzene ring substituents is 1. The number of methoxy groups -OCH3 is 1. The summed E-state index contributed by atoms with van der Waals surface area (Å²) in [6.07, 6.45) is 2.16. The van der Waals surface area contributed by atoms with Gasteiger partial charge in [0.25, 0.3) is 11.6 Å². The van der Waals surface area contributed by atoms with Crippen molar-refractivity contribution < 1.29 is 14.5 Å². The van der Waals surface area contributed by atoms with Crippen molar-refractivity contribution in [1.82, 2.24) is 4.98 Å². The van der Waals surface area contributed by atoms with E-state index in [0.717, 1.165) is 10.4 Å². The highest BCUT2D eigenvalue weighted by atomic mass is 32.1. The third-order valence-electron chi connectivity index (χ3n) is 3.63. The van der Waals surface area contributed by atoms with Gasteiger partial charge in [0, 0.05) is 29.6 Å². The van der Waals surface area contributed by atoms with E-state index in [9.17, 15) is 14.9 Å². The molecule has 1 aromatic heterocycles. The van der Waals surface area contributed by atoms with E-state index < -0.39 is 4.92 Å². The van der Waals surface area contributed by atoms with Gasteiger partial charge in [-0.05, 0) is 17.7 Å². The van der Waals surface area contributed by atoms with Gasteiger partial charge in [0.2, 0.25) is 0 Å². The first-order chi connectivity index (χ1) is 12.6. The van der Waals surface area contributed by atoms with Crippen LogP contribution in [-0.2, 0) is 6.42 Å². The lowest BCUT2D eigenvalue weighted by molar-refractivity contribution is -0.384. The zero-order chi connectivity index (χ0) is 18.5. The second-order valence-corrected chi connectivity index (χ2v) is 6.51. The Bertz CT molecular complexity index is 955. The molecule has 0 aliphatic carbocycles. The highest BCUT2D eigenvalue weighted by Gasteiger charge is 2.14. The molecule has 0 aliphatic heterocycles. The van der Waals surface area contributed by atoms with E-state index in [1.165, 1.54) is 30.6 Å². The number of thiazole rings is 1. The maximum Gasteiger partial charge on any atom is 0.269 e. The van der Waals surface area contributed by atoms with Crippen LogP contribution >= 0.6 is 11.3 Å². The molecule has 3 rings (SSSR count). The maximum atomic E-state index is 12.4. The van der Waals surface area contributed by atoms with Crippen molar-refractivity contribution in [2.24, 2.45) is 0 Å². The molecule has 26 heavy (non-hydrogen) atoms. The Balaban J connectivity index is 1.71. The summed E-state index contributed by atoms with van der Waals surface area (Å²) in [6, 6.07) is 13.4. The lowest BCUT2D eigenvalue weighted by Crippen LogP contribution is -2.12. The van der Waals surface area contributed by atoms with Gasteiger partial charge >= 0.3 is 0 Å². The smallest absolute Gasteiger partial charge is 0.269 e. The van der Waals surface area contributed by atoms with Gasteiger partial charge in [-0.1, -0.05) is 24.3 Å². The average Bonchev–Trinajstić information content (AvgIpc) is 3.08. The van der Waals surface area contributed by atoms with Gasteiger partial charge in [-0.3, -0.25) is 20.2 Å². The third kappa shape index (κ3) is 4.04. The Morgan fingerprint density at radius 2 is 2.08 bits per heavy atom. The minimum absolute atomic E-state index is 0.0525. The molecule has 0 spiro atoms. The fraction of sp³-hybridized carbons (Fsp3) is 0.111. The first-order valence-electron chi connectivity index (χ1n) is 7.69. The molecule has 132 valence electrons. The quantitative estimate of drug-likeness (QED) is 0.525. The van der Waals surface area contributed by atoms with Crippen LogP contribution in [0.4, 0.5) is 10.8 Å².